The van der Waals surface area contributed by atoms with E-state index in [1.807, 2.05) is 20.8 Å². The van der Waals surface area contributed by atoms with Crippen molar-refractivity contribution in [3.05, 3.63) is 0 Å². The SMILES string of the molecule is CC(OC(=O)C1CC2CCCC(C1)C21SCCS1)C(=O)NC(C)(C)C. The van der Waals surface area contributed by atoms with E-state index in [4.69, 9.17) is 4.74 Å². The minimum absolute atomic E-state index is 0.0346. The number of carbonyl (C=O) groups is 2. The van der Waals surface area contributed by atoms with E-state index >= 15 is 0 Å². The summed E-state index contributed by atoms with van der Waals surface area (Å²) >= 11 is 4.29. The van der Waals surface area contributed by atoms with Gasteiger partial charge in [0.25, 0.3) is 5.91 Å². The van der Waals surface area contributed by atoms with Crippen molar-refractivity contribution < 1.29 is 14.3 Å². The van der Waals surface area contributed by atoms with Crippen LogP contribution >= 0.6 is 23.5 Å². The van der Waals surface area contributed by atoms with Gasteiger partial charge >= 0.3 is 5.97 Å². The Morgan fingerprint density at radius 1 is 1.12 bits per heavy atom. The lowest BCUT2D eigenvalue weighted by Crippen LogP contribution is -2.49. The standard InChI is InChI=1S/C19H31NO3S2/c1-12(16(21)20-18(2,3)4)23-17(22)13-10-14-6-5-7-15(11-13)19(14)24-8-9-25-19/h12-15H,5-11H2,1-4H3,(H,20,21). The van der Waals surface area contributed by atoms with Gasteiger partial charge in [-0.15, -0.1) is 23.5 Å². The molecule has 2 aliphatic carbocycles. The van der Waals surface area contributed by atoms with Crippen LogP contribution in [-0.4, -0.2) is 39.1 Å². The Morgan fingerprint density at radius 2 is 1.68 bits per heavy atom. The Kier molecular flexibility index (Phi) is 5.69. The second-order valence-corrected chi connectivity index (χ2v) is 11.7. The van der Waals surface area contributed by atoms with Crippen LogP contribution in [0.5, 0.6) is 0 Å². The number of carbonyl (C=O) groups excluding carboxylic acids is 2. The summed E-state index contributed by atoms with van der Waals surface area (Å²) in [5.41, 5.74) is -0.317. The molecule has 1 spiro atoms. The molecule has 1 heterocycles. The number of esters is 1. The number of thioether (sulfide) groups is 2. The van der Waals surface area contributed by atoms with Gasteiger partial charge in [0, 0.05) is 17.0 Å². The normalized spacial score (nSPS) is 32.2. The van der Waals surface area contributed by atoms with E-state index in [1.165, 1.54) is 30.8 Å². The van der Waals surface area contributed by atoms with Crippen molar-refractivity contribution in [3.8, 4) is 0 Å². The second-order valence-electron chi connectivity index (χ2n) is 8.73. The molecule has 0 aromatic carbocycles. The van der Waals surface area contributed by atoms with Crippen molar-refractivity contribution in [1.29, 1.82) is 0 Å². The number of nitrogens with one attached hydrogen (secondary N) is 1. The molecule has 25 heavy (non-hydrogen) atoms. The summed E-state index contributed by atoms with van der Waals surface area (Å²) in [5.74, 6) is 3.31. The topological polar surface area (TPSA) is 55.4 Å². The summed E-state index contributed by atoms with van der Waals surface area (Å²) < 4.78 is 5.91. The third kappa shape index (κ3) is 4.15. The molecule has 0 aromatic rings. The first kappa shape index (κ1) is 19.4. The molecule has 2 saturated carbocycles. The highest BCUT2D eigenvalue weighted by Crippen LogP contribution is 2.64. The van der Waals surface area contributed by atoms with E-state index in [9.17, 15) is 9.59 Å². The van der Waals surface area contributed by atoms with Crippen molar-refractivity contribution in [2.24, 2.45) is 17.8 Å². The van der Waals surface area contributed by atoms with Gasteiger partial charge in [-0.25, -0.2) is 0 Å². The number of hydrogen-bond acceptors (Lipinski definition) is 5. The van der Waals surface area contributed by atoms with E-state index in [1.54, 1.807) is 6.92 Å². The molecule has 0 radical (unpaired) electrons. The quantitative estimate of drug-likeness (QED) is 0.748. The van der Waals surface area contributed by atoms with Gasteiger partial charge in [0.15, 0.2) is 6.10 Å². The fourth-order valence-electron chi connectivity index (χ4n) is 4.60. The first-order valence-electron chi connectivity index (χ1n) is 9.52. The molecular weight excluding hydrogens is 354 g/mol. The summed E-state index contributed by atoms with van der Waals surface area (Å²) in [6, 6.07) is 0. The minimum Gasteiger partial charge on any atom is -0.452 e. The number of amides is 1. The predicted molar refractivity (Wildman–Crippen MR) is 105 cm³/mol. The molecule has 3 aliphatic rings. The zero-order valence-corrected chi connectivity index (χ0v) is 17.4. The van der Waals surface area contributed by atoms with Gasteiger partial charge in [-0.05, 0) is 65.2 Å². The maximum atomic E-state index is 12.7. The lowest BCUT2D eigenvalue weighted by molar-refractivity contribution is -0.161. The molecule has 3 rings (SSSR count). The van der Waals surface area contributed by atoms with Gasteiger partial charge in [-0.2, -0.15) is 0 Å². The van der Waals surface area contributed by atoms with Crippen LogP contribution in [0.3, 0.4) is 0 Å². The molecule has 3 unspecified atom stereocenters. The van der Waals surface area contributed by atoms with Crippen LogP contribution < -0.4 is 5.32 Å². The zero-order valence-electron chi connectivity index (χ0n) is 15.8. The summed E-state index contributed by atoms with van der Waals surface area (Å²) in [5, 5.41) is 2.88. The van der Waals surface area contributed by atoms with E-state index < -0.39 is 6.10 Å². The Morgan fingerprint density at radius 3 is 2.20 bits per heavy atom. The maximum absolute atomic E-state index is 12.7. The fraction of sp³-hybridized carbons (Fsp3) is 0.895. The smallest absolute Gasteiger partial charge is 0.309 e. The highest BCUT2D eigenvalue weighted by atomic mass is 32.2. The van der Waals surface area contributed by atoms with E-state index in [0.29, 0.717) is 15.9 Å². The summed E-state index contributed by atoms with van der Waals surface area (Å²) in [4.78, 5) is 24.9. The van der Waals surface area contributed by atoms with Crippen LogP contribution in [0.2, 0.25) is 0 Å². The first-order chi connectivity index (χ1) is 11.7. The van der Waals surface area contributed by atoms with Crippen LogP contribution in [-0.2, 0) is 14.3 Å². The highest BCUT2D eigenvalue weighted by molar-refractivity contribution is 8.21. The van der Waals surface area contributed by atoms with Gasteiger partial charge in [0.05, 0.1) is 10.00 Å². The number of ether oxygens (including phenoxy) is 1. The predicted octanol–water partition coefficient (Wildman–Crippen LogP) is 3.84. The van der Waals surface area contributed by atoms with Crippen molar-refractivity contribution >= 4 is 35.4 Å². The Bertz CT molecular complexity index is 509. The minimum atomic E-state index is -0.724. The van der Waals surface area contributed by atoms with Gasteiger partial charge in [-0.1, -0.05) is 6.42 Å². The van der Waals surface area contributed by atoms with Crippen LogP contribution in [0.4, 0.5) is 0 Å². The van der Waals surface area contributed by atoms with Crippen molar-refractivity contribution in [3.63, 3.8) is 0 Å². The van der Waals surface area contributed by atoms with Gasteiger partial charge in [-0.3, -0.25) is 9.59 Å². The lowest BCUT2D eigenvalue weighted by Gasteiger charge is -2.51. The van der Waals surface area contributed by atoms with Crippen LogP contribution in [0, 0.1) is 17.8 Å². The third-order valence-electron chi connectivity index (χ3n) is 5.61. The maximum Gasteiger partial charge on any atom is 0.309 e. The number of rotatable bonds is 3. The van der Waals surface area contributed by atoms with E-state index in [2.05, 4.69) is 28.8 Å². The highest BCUT2D eigenvalue weighted by Gasteiger charge is 2.55. The van der Waals surface area contributed by atoms with Gasteiger partial charge < -0.3 is 10.1 Å². The molecule has 4 nitrogen and oxygen atoms in total. The van der Waals surface area contributed by atoms with Crippen molar-refractivity contribution in [2.45, 2.75) is 75.5 Å². The molecule has 1 aliphatic heterocycles. The largest absolute Gasteiger partial charge is 0.452 e. The first-order valence-corrected chi connectivity index (χ1v) is 11.5. The fourth-order valence-corrected chi connectivity index (χ4v) is 8.53. The monoisotopic (exact) mass is 385 g/mol. The van der Waals surface area contributed by atoms with E-state index in [-0.39, 0.29) is 23.3 Å². The van der Waals surface area contributed by atoms with Crippen molar-refractivity contribution in [1.82, 2.24) is 5.32 Å². The average molecular weight is 386 g/mol. The number of hydrogen-bond donors (Lipinski definition) is 1. The van der Waals surface area contributed by atoms with Crippen LogP contribution in [0.1, 0.15) is 59.8 Å². The molecule has 1 amide bonds. The van der Waals surface area contributed by atoms with Gasteiger partial charge in [0.2, 0.25) is 0 Å². The Hall–Kier alpha value is -0.360. The molecule has 3 fully saturated rings. The average Bonchev–Trinajstić information content (AvgIpc) is 2.94. The summed E-state index contributed by atoms with van der Waals surface area (Å²) in [6.45, 7) is 7.46. The van der Waals surface area contributed by atoms with Crippen molar-refractivity contribution in [2.75, 3.05) is 11.5 Å². The molecule has 3 atom stereocenters. The van der Waals surface area contributed by atoms with Crippen LogP contribution in [0.15, 0.2) is 0 Å². The van der Waals surface area contributed by atoms with Gasteiger partial charge in [0.1, 0.15) is 0 Å². The summed E-state index contributed by atoms with van der Waals surface area (Å²) in [7, 11) is 0. The molecule has 142 valence electrons. The lowest BCUT2D eigenvalue weighted by atomic mass is 9.67. The van der Waals surface area contributed by atoms with E-state index in [0.717, 1.165) is 12.8 Å². The molecule has 6 heteroatoms. The molecule has 1 N–H and O–H groups in total. The molecule has 2 bridgehead atoms. The molecular formula is C19H31NO3S2. The summed E-state index contributed by atoms with van der Waals surface area (Å²) in [6.07, 6.45) is 4.91. The third-order valence-corrected chi connectivity index (χ3v) is 9.63. The second kappa shape index (κ2) is 7.34. The Labute approximate surface area is 160 Å². The van der Waals surface area contributed by atoms with Crippen LogP contribution in [0.25, 0.3) is 0 Å². The molecule has 1 saturated heterocycles. The Balaban J connectivity index is 1.60. The zero-order chi connectivity index (χ0) is 18.2. The molecule has 0 aromatic heterocycles.